The Morgan fingerprint density at radius 1 is 1.26 bits per heavy atom. The molecule has 1 atom stereocenters. The molecule has 0 saturated heterocycles. The zero-order chi connectivity index (χ0) is 19.6. The highest BCUT2D eigenvalue weighted by Crippen LogP contribution is 2.33. The Morgan fingerprint density at radius 2 is 1.96 bits per heavy atom. The second-order valence-corrected chi connectivity index (χ2v) is 8.16. The molecule has 27 heavy (non-hydrogen) atoms. The van der Waals surface area contributed by atoms with E-state index in [4.69, 9.17) is 9.52 Å². The molecule has 2 aromatic carbocycles. The fraction of sp³-hybridized carbons (Fsp3) is 0.167. The third kappa shape index (κ3) is 3.98. The molecule has 0 radical (unpaired) electrons. The first-order valence-electron chi connectivity index (χ1n) is 7.97. The predicted octanol–water partition coefficient (Wildman–Crippen LogP) is 3.80. The number of nitrogens with zero attached hydrogens (tertiary/aromatic N) is 2. The summed E-state index contributed by atoms with van der Waals surface area (Å²) >= 11 is 0. The minimum Gasteiger partial charge on any atom is -0.497 e. The highest BCUT2D eigenvalue weighted by Gasteiger charge is 2.18. The monoisotopic (exact) mass is 386 g/mol. The summed E-state index contributed by atoms with van der Waals surface area (Å²) in [5.41, 5.74) is 1.68. The lowest BCUT2D eigenvalue weighted by Gasteiger charge is -2.11. The van der Waals surface area contributed by atoms with Gasteiger partial charge in [-0.15, -0.1) is 0 Å². The van der Waals surface area contributed by atoms with Crippen LogP contribution >= 0.6 is 0 Å². The second-order valence-electron chi connectivity index (χ2n) is 6.00. The van der Waals surface area contributed by atoms with E-state index in [0.717, 1.165) is 5.56 Å². The van der Waals surface area contributed by atoms with Crippen molar-refractivity contribution in [3.8, 4) is 5.75 Å². The van der Waals surface area contributed by atoms with Crippen molar-refractivity contribution < 1.29 is 13.9 Å². The van der Waals surface area contributed by atoms with Crippen LogP contribution in [0, 0.1) is 14.9 Å². The van der Waals surface area contributed by atoms with Crippen LogP contribution in [0.2, 0.25) is 0 Å². The molecule has 0 fully saturated rings. The maximum atomic E-state index is 11.8. The van der Waals surface area contributed by atoms with E-state index in [9.17, 15) is 14.3 Å². The van der Waals surface area contributed by atoms with Gasteiger partial charge in [-0.25, -0.2) is 14.0 Å². The third-order valence-electron chi connectivity index (χ3n) is 4.10. The number of hydrogen-bond acceptors (Lipinski definition) is 7. The van der Waals surface area contributed by atoms with Crippen molar-refractivity contribution >= 4 is 32.0 Å². The summed E-state index contributed by atoms with van der Waals surface area (Å²) in [5.74, 6) is 0.615. The number of ether oxygens (including phenoxy) is 1. The van der Waals surface area contributed by atoms with Crippen LogP contribution in [-0.2, 0) is 16.3 Å². The lowest BCUT2D eigenvalue weighted by Crippen LogP contribution is -2.05. The minimum absolute atomic E-state index is 0.118. The number of fused-ring (bicyclic) bond motifs is 1. The number of nitro groups is 1. The quantitative estimate of drug-likeness (QED) is 0.491. The Bertz CT molecular complexity index is 1110. The standard InChI is InChI=1S/C18H18N4O4S/c1-26-13-5-8-15-16(9-13)20-11-17(22(23)24)18(15)21-10-12-3-6-14(7-4-12)27(2,19)25/h3-9,11,19H,10H2,1-2H3,(H,20,21). The first-order valence-corrected chi connectivity index (χ1v) is 9.94. The predicted molar refractivity (Wildman–Crippen MR) is 104 cm³/mol. The van der Waals surface area contributed by atoms with E-state index in [1.807, 2.05) is 0 Å². The van der Waals surface area contributed by atoms with Gasteiger partial charge in [0.2, 0.25) is 0 Å². The van der Waals surface area contributed by atoms with E-state index >= 15 is 0 Å². The highest BCUT2D eigenvalue weighted by molar-refractivity contribution is 7.91. The zero-order valence-electron chi connectivity index (χ0n) is 14.8. The Hall–Kier alpha value is -3.20. The molecule has 9 heteroatoms. The second kappa shape index (κ2) is 7.20. The molecular formula is C18H18N4O4S. The highest BCUT2D eigenvalue weighted by atomic mass is 32.2. The van der Waals surface area contributed by atoms with Gasteiger partial charge in [0.05, 0.1) is 27.3 Å². The van der Waals surface area contributed by atoms with Gasteiger partial charge in [-0.3, -0.25) is 10.1 Å². The SMILES string of the molecule is COc1ccc2c(NCc3ccc(S(C)(=N)=O)cc3)c([N+](=O)[O-])cnc2c1. The summed E-state index contributed by atoms with van der Waals surface area (Å²) < 4.78 is 24.5. The fourth-order valence-electron chi connectivity index (χ4n) is 2.67. The van der Waals surface area contributed by atoms with Crippen LogP contribution < -0.4 is 10.1 Å². The van der Waals surface area contributed by atoms with Crippen molar-refractivity contribution in [3.05, 3.63) is 64.3 Å². The van der Waals surface area contributed by atoms with Crippen LogP contribution in [0.5, 0.6) is 5.75 Å². The van der Waals surface area contributed by atoms with Crippen LogP contribution in [0.3, 0.4) is 0 Å². The Balaban J connectivity index is 1.95. The van der Waals surface area contributed by atoms with Crippen LogP contribution in [0.4, 0.5) is 11.4 Å². The third-order valence-corrected chi connectivity index (χ3v) is 5.27. The molecule has 3 aromatic rings. The first-order chi connectivity index (χ1) is 12.8. The number of pyridine rings is 1. The van der Waals surface area contributed by atoms with Crippen LogP contribution in [0.1, 0.15) is 5.56 Å². The van der Waals surface area contributed by atoms with Crippen molar-refractivity contribution in [3.63, 3.8) is 0 Å². The Labute approximate surface area is 156 Å². The summed E-state index contributed by atoms with van der Waals surface area (Å²) in [6, 6.07) is 11.9. The molecule has 1 unspecified atom stereocenters. The molecule has 2 N–H and O–H groups in total. The lowest BCUT2D eigenvalue weighted by molar-refractivity contribution is -0.384. The van der Waals surface area contributed by atoms with E-state index in [1.54, 1.807) is 49.6 Å². The number of methoxy groups -OCH3 is 1. The van der Waals surface area contributed by atoms with Gasteiger partial charge in [-0.2, -0.15) is 0 Å². The number of aromatic nitrogens is 1. The van der Waals surface area contributed by atoms with Gasteiger partial charge in [0.1, 0.15) is 17.6 Å². The first kappa shape index (κ1) is 18.6. The number of anilines is 1. The van der Waals surface area contributed by atoms with E-state index in [1.165, 1.54) is 12.5 Å². The van der Waals surface area contributed by atoms with E-state index in [0.29, 0.717) is 33.8 Å². The molecule has 0 aliphatic heterocycles. The van der Waals surface area contributed by atoms with Crippen molar-refractivity contribution in [2.24, 2.45) is 0 Å². The van der Waals surface area contributed by atoms with Gasteiger partial charge in [0.15, 0.2) is 0 Å². The largest absolute Gasteiger partial charge is 0.497 e. The Morgan fingerprint density at radius 3 is 2.56 bits per heavy atom. The van der Waals surface area contributed by atoms with Crippen molar-refractivity contribution in [2.75, 3.05) is 18.7 Å². The molecular weight excluding hydrogens is 368 g/mol. The van der Waals surface area contributed by atoms with Crippen molar-refractivity contribution in [2.45, 2.75) is 11.4 Å². The zero-order valence-corrected chi connectivity index (χ0v) is 15.6. The number of hydrogen-bond donors (Lipinski definition) is 2. The number of benzene rings is 2. The molecule has 1 heterocycles. The molecule has 0 amide bonds. The summed E-state index contributed by atoms with van der Waals surface area (Å²) in [6.07, 6.45) is 2.58. The van der Waals surface area contributed by atoms with Gasteiger partial charge in [-0.1, -0.05) is 12.1 Å². The van der Waals surface area contributed by atoms with Crippen LogP contribution in [0.25, 0.3) is 10.9 Å². The average Bonchev–Trinajstić information content (AvgIpc) is 2.64. The van der Waals surface area contributed by atoms with E-state index < -0.39 is 14.7 Å². The fourth-order valence-corrected chi connectivity index (χ4v) is 3.33. The summed E-state index contributed by atoms with van der Waals surface area (Å²) in [6.45, 7) is 0.329. The van der Waals surface area contributed by atoms with Crippen molar-refractivity contribution in [1.29, 1.82) is 4.78 Å². The minimum atomic E-state index is -2.77. The molecule has 8 nitrogen and oxygen atoms in total. The van der Waals surface area contributed by atoms with Gasteiger partial charge in [0, 0.05) is 29.1 Å². The molecule has 0 aliphatic rings. The topological polar surface area (TPSA) is 118 Å². The molecule has 0 spiro atoms. The summed E-state index contributed by atoms with van der Waals surface area (Å²) in [4.78, 5) is 15.5. The average molecular weight is 386 g/mol. The van der Waals surface area contributed by atoms with E-state index in [-0.39, 0.29) is 5.69 Å². The van der Waals surface area contributed by atoms with Gasteiger partial charge >= 0.3 is 5.69 Å². The summed E-state index contributed by atoms with van der Waals surface area (Å²) in [5, 5.41) is 15.1. The van der Waals surface area contributed by atoms with Gasteiger partial charge < -0.3 is 10.1 Å². The van der Waals surface area contributed by atoms with E-state index in [2.05, 4.69) is 10.3 Å². The maximum Gasteiger partial charge on any atom is 0.311 e. The van der Waals surface area contributed by atoms with Crippen molar-refractivity contribution in [1.82, 2.24) is 4.98 Å². The summed E-state index contributed by atoms with van der Waals surface area (Å²) in [7, 11) is -1.23. The smallest absolute Gasteiger partial charge is 0.311 e. The maximum absolute atomic E-state index is 11.8. The molecule has 3 rings (SSSR count). The van der Waals surface area contributed by atoms with Crippen LogP contribution in [-0.4, -0.2) is 27.5 Å². The molecule has 0 bridgehead atoms. The molecule has 0 aliphatic carbocycles. The lowest BCUT2D eigenvalue weighted by atomic mass is 10.1. The number of nitrogens with one attached hydrogen (secondary N) is 2. The van der Waals surface area contributed by atoms with Crippen LogP contribution in [0.15, 0.2) is 53.6 Å². The van der Waals surface area contributed by atoms with Gasteiger partial charge in [0.25, 0.3) is 0 Å². The normalized spacial score (nSPS) is 13.1. The number of rotatable bonds is 6. The molecule has 1 aromatic heterocycles. The van der Waals surface area contributed by atoms with Gasteiger partial charge in [-0.05, 0) is 29.8 Å². The Kier molecular flexibility index (Phi) is 4.95. The molecule has 140 valence electrons. The molecule has 0 saturated carbocycles.